The van der Waals surface area contributed by atoms with Crippen LogP contribution in [-0.2, 0) is 20.8 Å². The molecule has 0 heterocycles. The molecule has 2 aromatic carbocycles. The van der Waals surface area contributed by atoms with Crippen LogP contribution in [0, 0.1) is 11.8 Å². The highest BCUT2D eigenvalue weighted by Gasteiger charge is 2.25. The Balaban J connectivity index is 1.95. The lowest BCUT2D eigenvalue weighted by Gasteiger charge is -2.19. The van der Waals surface area contributed by atoms with Crippen molar-refractivity contribution in [3.8, 4) is 11.8 Å². The fourth-order valence-electron chi connectivity index (χ4n) is 3.53. The zero-order valence-electron chi connectivity index (χ0n) is 21.1. The Hall–Kier alpha value is -4.04. The maximum atomic E-state index is 12.4. The van der Waals surface area contributed by atoms with Gasteiger partial charge in [-0.1, -0.05) is 24.0 Å². The third-order valence-corrected chi connectivity index (χ3v) is 5.67. The Bertz CT molecular complexity index is 1170. The number of carboxylic acids is 1. The number of amides is 2. The number of carbonyl (C=O) groups excluding carboxylic acids is 3. The summed E-state index contributed by atoms with van der Waals surface area (Å²) in [6.07, 6.45) is 0.519. The number of rotatable bonds is 13. The van der Waals surface area contributed by atoms with Gasteiger partial charge in [-0.3, -0.25) is 14.4 Å². The van der Waals surface area contributed by atoms with Crippen LogP contribution >= 0.6 is 0 Å². The van der Waals surface area contributed by atoms with Gasteiger partial charge in [0.1, 0.15) is 18.7 Å². The number of nitrogens with one attached hydrogen (secondary N) is 2. The van der Waals surface area contributed by atoms with Crippen molar-refractivity contribution in [1.82, 2.24) is 10.6 Å². The minimum atomic E-state index is -1.21. The molecule has 0 aliphatic heterocycles. The average Bonchev–Trinajstić information content (AvgIpc) is 2.90. The number of carboxylic acid groups (broad SMARTS) is 1. The Morgan fingerprint density at radius 3 is 2.00 bits per heavy atom. The molecular formula is C28H33N3O7. The SMILES string of the molecule is C[C@@H](O)[C@H](NC(=O)c1ccc(C#Cc2ccc(CC(=O)N[C@@H](CCCCN)C(=O)O)cc2)cc1)C(=O)CO. The van der Waals surface area contributed by atoms with Gasteiger partial charge in [-0.2, -0.15) is 0 Å². The van der Waals surface area contributed by atoms with Gasteiger partial charge in [0.2, 0.25) is 5.91 Å². The topological polar surface area (TPSA) is 179 Å². The first-order valence-corrected chi connectivity index (χ1v) is 12.2. The molecule has 202 valence electrons. The summed E-state index contributed by atoms with van der Waals surface area (Å²) in [5.74, 6) is 3.25. The first-order chi connectivity index (χ1) is 18.1. The molecule has 0 spiro atoms. The predicted molar refractivity (Wildman–Crippen MR) is 140 cm³/mol. The van der Waals surface area contributed by atoms with E-state index >= 15 is 0 Å². The molecule has 0 aliphatic carbocycles. The smallest absolute Gasteiger partial charge is 0.326 e. The number of benzene rings is 2. The number of aliphatic hydroxyl groups is 2. The lowest BCUT2D eigenvalue weighted by atomic mass is 10.1. The lowest BCUT2D eigenvalue weighted by molar-refractivity contribution is -0.142. The fourth-order valence-corrected chi connectivity index (χ4v) is 3.53. The number of ketones is 1. The number of hydrogen-bond donors (Lipinski definition) is 6. The van der Waals surface area contributed by atoms with Gasteiger partial charge in [-0.25, -0.2) is 4.79 Å². The molecule has 0 radical (unpaired) electrons. The van der Waals surface area contributed by atoms with Crippen LogP contribution in [0.3, 0.4) is 0 Å². The lowest BCUT2D eigenvalue weighted by Crippen LogP contribution is -2.48. The quantitative estimate of drug-likeness (QED) is 0.161. The van der Waals surface area contributed by atoms with Crippen molar-refractivity contribution >= 4 is 23.6 Å². The molecule has 3 atom stereocenters. The highest BCUT2D eigenvalue weighted by Crippen LogP contribution is 2.08. The van der Waals surface area contributed by atoms with E-state index in [2.05, 4.69) is 22.5 Å². The van der Waals surface area contributed by atoms with Crippen LogP contribution in [0.2, 0.25) is 0 Å². The van der Waals surface area contributed by atoms with Gasteiger partial charge < -0.3 is 31.7 Å². The van der Waals surface area contributed by atoms with E-state index in [4.69, 9.17) is 10.8 Å². The summed E-state index contributed by atoms with van der Waals surface area (Å²) in [6.45, 7) is 1.02. The maximum absolute atomic E-state index is 12.4. The molecule has 10 heteroatoms. The van der Waals surface area contributed by atoms with E-state index in [1.54, 1.807) is 36.4 Å². The van der Waals surface area contributed by atoms with E-state index in [0.29, 0.717) is 42.5 Å². The number of hydrogen-bond acceptors (Lipinski definition) is 7. The number of carbonyl (C=O) groups is 4. The minimum Gasteiger partial charge on any atom is -0.480 e. The minimum absolute atomic E-state index is 0.0394. The normalized spacial score (nSPS) is 12.8. The van der Waals surface area contributed by atoms with Crippen molar-refractivity contribution in [2.24, 2.45) is 5.73 Å². The van der Waals surface area contributed by atoms with Crippen LogP contribution in [0.4, 0.5) is 0 Å². The molecule has 2 aromatic rings. The van der Waals surface area contributed by atoms with Crippen molar-refractivity contribution in [3.05, 3.63) is 70.8 Å². The van der Waals surface area contributed by atoms with Crippen LogP contribution in [-0.4, -0.2) is 70.2 Å². The summed E-state index contributed by atoms with van der Waals surface area (Å²) in [6, 6.07) is 11.2. The Labute approximate surface area is 221 Å². The van der Waals surface area contributed by atoms with Gasteiger partial charge in [0, 0.05) is 16.7 Å². The van der Waals surface area contributed by atoms with Crippen molar-refractivity contribution in [3.63, 3.8) is 0 Å². The van der Waals surface area contributed by atoms with Gasteiger partial charge in [0.15, 0.2) is 5.78 Å². The van der Waals surface area contributed by atoms with Crippen LogP contribution in [0.1, 0.15) is 53.2 Å². The third-order valence-electron chi connectivity index (χ3n) is 5.67. The molecule has 10 nitrogen and oxygen atoms in total. The highest BCUT2D eigenvalue weighted by atomic mass is 16.4. The number of nitrogens with two attached hydrogens (primary N) is 1. The molecule has 0 fully saturated rings. The summed E-state index contributed by atoms with van der Waals surface area (Å²) in [5, 5.41) is 32.9. The van der Waals surface area contributed by atoms with E-state index in [9.17, 15) is 29.4 Å². The number of unbranched alkanes of at least 4 members (excludes halogenated alkanes) is 1. The summed E-state index contributed by atoms with van der Waals surface area (Å²) in [4.78, 5) is 47.7. The molecule has 0 saturated carbocycles. The Kier molecular flexibility index (Phi) is 12.1. The first-order valence-electron chi connectivity index (χ1n) is 12.2. The Morgan fingerprint density at radius 1 is 0.921 bits per heavy atom. The molecule has 38 heavy (non-hydrogen) atoms. The molecular weight excluding hydrogens is 490 g/mol. The van der Waals surface area contributed by atoms with Gasteiger partial charge in [0.25, 0.3) is 5.91 Å². The summed E-state index contributed by atoms with van der Waals surface area (Å²) in [5.41, 5.74) is 7.74. The second-order valence-electron chi connectivity index (χ2n) is 8.76. The van der Waals surface area contributed by atoms with Crippen LogP contribution in [0.25, 0.3) is 0 Å². The Morgan fingerprint density at radius 2 is 1.50 bits per heavy atom. The number of Topliss-reactive ketones (excluding diaryl/α,β-unsaturated/α-hetero) is 1. The van der Waals surface area contributed by atoms with E-state index in [-0.39, 0.29) is 17.9 Å². The largest absolute Gasteiger partial charge is 0.480 e. The average molecular weight is 524 g/mol. The van der Waals surface area contributed by atoms with Crippen molar-refractivity contribution in [2.45, 2.75) is 50.8 Å². The standard InChI is InChI=1S/C28H33N3O7/c1-18(33)26(24(34)17-32)31-27(36)22-13-11-20(12-14-22)6-5-19-7-9-21(10-8-19)16-25(35)30-23(28(37)38)4-2-3-15-29/h7-14,18,23,26,32-33H,2-4,15-17,29H2,1H3,(H,30,35)(H,31,36)(H,37,38)/t18-,23+,26+/m1/s1. The van der Waals surface area contributed by atoms with E-state index in [1.165, 1.54) is 19.1 Å². The number of aliphatic carboxylic acids is 1. The zero-order valence-corrected chi connectivity index (χ0v) is 21.1. The zero-order chi connectivity index (χ0) is 28.1. The monoisotopic (exact) mass is 523 g/mol. The van der Waals surface area contributed by atoms with Crippen molar-refractivity contribution in [2.75, 3.05) is 13.2 Å². The second kappa shape index (κ2) is 15.3. The molecule has 0 aliphatic rings. The van der Waals surface area contributed by atoms with Crippen LogP contribution in [0.5, 0.6) is 0 Å². The second-order valence-corrected chi connectivity index (χ2v) is 8.76. The number of aliphatic hydroxyl groups excluding tert-OH is 2. The van der Waals surface area contributed by atoms with E-state index in [0.717, 1.165) is 0 Å². The molecule has 0 saturated heterocycles. The molecule has 0 bridgehead atoms. The van der Waals surface area contributed by atoms with Crippen molar-refractivity contribution in [1.29, 1.82) is 0 Å². The van der Waals surface area contributed by atoms with Gasteiger partial charge >= 0.3 is 5.97 Å². The first kappa shape index (κ1) is 30.2. The molecule has 7 N–H and O–H groups in total. The van der Waals surface area contributed by atoms with Crippen LogP contribution in [0.15, 0.2) is 48.5 Å². The van der Waals surface area contributed by atoms with E-state index < -0.39 is 42.5 Å². The third kappa shape index (κ3) is 9.78. The molecule has 0 unspecified atom stereocenters. The van der Waals surface area contributed by atoms with Crippen molar-refractivity contribution < 1.29 is 34.5 Å². The predicted octanol–water partition coefficient (Wildman–Crippen LogP) is 0.368. The maximum Gasteiger partial charge on any atom is 0.326 e. The summed E-state index contributed by atoms with van der Waals surface area (Å²) >= 11 is 0. The van der Waals surface area contributed by atoms with Gasteiger partial charge in [-0.15, -0.1) is 0 Å². The summed E-state index contributed by atoms with van der Waals surface area (Å²) < 4.78 is 0. The van der Waals surface area contributed by atoms with Crippen LogP contribution < -0.4 is 16.4 Å². The van der Waals surface area contributed by atoms with Gasteiger partial charge in [0.05, 0.1) is 12.5 Å². The highest BCUT2D eigenvalue weighted by molar-refractivity contribution is 5.98. The summed E-state index contributed by atoms with van der Waals surface area (Å²) in [7, 11) is 0. The molecule has 0 aromatic heterocycles. The molecule has 2 rings (SSSR count). The fraction of sp³-hybridized carbons (Fsp3) is 0.357. The van der Waals surface area contributed by atoms with E-state index in [1.807, 2.05) is 0 Å². The molecule has 2 amide bonds. The van der Waals surface area contributed by atoms with Gasteiger partial charge in [-0.05, 0) is 74.7 Å².